The van der Waals surface area contributed by atoms with E-state index in [0.717, 1.165) is 16.8 Å². The first-order valence-electron chi connectivity index (χ1n) is 7.56. The third kappa shape index (κ3) is 5.18. The lowest BCUT2D eigenvalue weighted by Crippen LogP contribution is -2.49. The Morgan fingerprint density at radius 3 is 2.40 bits per heavy atom. The lowest BCUT2D eigenvalue weighted by Gasteiger charge is -2.28. The number of nitrogens with one attached hydrogen (secondary N) is 2. The number of hydrogen-bond acceptors (Lipinski definition) is 3. The number of halogens is 3. The zero-order valence-corrected chi connectivity index (χ0v) is 16.3. The van der Waals surface area contributed by atoms with Gasteiger partial charge in [0.15, 0.2) is 0 Å². The lowest BCUT2D eigenvalue weighted by atomic mass is 10.1. The van der Waals surface area contributed by atoms with Crippen LogP contribution in [0.15, 0.2) is 42.5 Å². The summed E-state index contributed by atoms with van der Waals surface area (Å²) in [5, 5.41) is 5.80. The van der Waals surface area contributed by atoms with Gasteiger partial charge in [-0.3, -0.25) is 4.79 Å². The second kappa shape index (κ2) is 8.17. The molecule has 0 heterocycles. The summed E-state index contributed by atoms with van der Waals surface area (Å²) in [4.78, 5) is 12.6. The van der Waals surface area contributed by atoms with E-state index < -0.39 is 15.9 Å². The van der Waals surface area contributed by atoms with Gasteiger partial charge in [0.05, 0.1) is 12.7 Å². The minimum Gasteiger partial charge on any atom is -0.496 e. The molecule has 0 fully saturated rings. The van der Waals surface area contributed by atoms with E-state index in [1.165, 1.54) is 7.11 Å². The molecule has 25 heavy (non-hydrogen) atoms. The van der Waals surface area contributed by atoms with Crippen molar-refractivity contribution in [1.82, 2.24) is 5.32 Å². The summed E-state index contributed by atoms with van der Waals surface area (Å²) in [6.07, 6.45) is -0.934. The molecule has 134 valence electrons. The van der Waals surface area contributed by atoms with Crippen LogP contribution in [0.3, 0.4) is 0 Å². The average Bonchev–Trinajstić information content (AvgIpc) is 2.55. The first-order chi connectivity index (χ1) is 11.7. The summed E-state index contributed by atoms with van der Waals surface area (Å²) in [7, 11) is 1.49. The topological polar surface area (TPSA) is 50.4 Å². The Balaban J connectivity index is 2.25. The number of rotatable bonds is 5. The molecule has 0 bridgehead atoms. The number of methoxy groups -OCH3 is 1. The zero-order chi connectivity index (χ0) is 18.6. The SMILES string of the molecule is COc1ccccc1C(=O)NC(Nc1ccc(C)cc1C)C(Cl)(Cl)Cl. The van der Waals surface area contributed by atoms with Gasteiger partial charge in [-0.1, -0.05) is 64.6 Å². The summed E-state index contributed by atoms with van der Waals surface area (Å²) in [6, 6.07) is 12.7. The molecule has 2 N–H and O–H groups in total. The van der Waals surface area contributed by atoms with Crippen molar-refractivity contribution in [2.24, 2.45) is 0 Å². The van der Waals surface area contributed by atoms with Gasteiger partial charge >= 0.3 is 0 Å². The maximum Gasteiger partial charge on any atom is 0.256 e. The highest BCUT2D eigenvalue weighted by Gasteiger charge is 2.35. The highest BCUT2D eigenvalue weighted by atomic mass is 35.6. The van der Waals surface area contributed by atoms with Crippen LogP contribution in [0.4, 0.5) is 5.69 Å². The first-order valence-corrected chi connectivity index (χ1v) is 8.70. The number of hydrogen-bond donors (Lipinski definition) is 2. The molecule has 0 spiro atoms. The Labute approximate surface area is 162 Å². The van der Waals surface area contributed by atoms with Gasteiger partial charge in [-0.05, 0) is 37.6 Å². The minimum atomic E-state index is -1.75. The maximum atomic E-state index is 12.6. The Morgan fingerprint density at radius 2 is 1.80 bits per heavy atom. The van der Waals surface area contributed by atoms with Crippen LogP contribution >= 0.6 is 34.8 Å². The molecule has 1 unspecified atom stereocenters. The van der Waals surface area contributed by atoms with Crippen molar-refractivity contribution in [1.29, 1.82) is 0 Å². The Hall–Kier alpha value is -1.62. The smallest absolute Gasteiger partial charge is 0.256 e. The van der Waals surface area contributed by atoms with Crippen LogP contribution in [0.2, 0.25) is 0 Å². The number of alkyl halides is 3. The number of amides is 1. The molecular weight excluding hydrogens is 383 g/mol. The third-order valence-corrected chi connectivity index (χ3v) is 4.29. The molecule has 2 aromatic rings. The fourth-order valence-electron chi connectivity index (χ4n) is 2.37. The molecule has 0 saturated heterocycles. The molecule has 2 aromatic carbocycles. The van der Waals surface area contributed by atoms with E-state index in [1.807, 2.05) is 32.0 Å². The van der Waals surface area contributed by atoms with Gasteiger partial charge in [-0.2, -0.15) is 0 Å². The summed E-state index contributed by atoms with van der Waals surface area (Å²) < 4.78 is 3.45. The summed E-state index contributed by atoms with van der Waals surface area (Å²) in [5.41, 5.74) is 3.21. The van der Waals surface area contributed by atoms with Gasteiger partial charge in [0.25, 0.3) is 5.91 Å². The molecule has 0 aromatic heterocycles. The normalized spacial score (nSPS) is 12.4. The van der Waals surface area contributed by atoms with Gasteiger partial charge in [-0.15, -0.1) is 0 Å². The van der Waals surface area contributed by atoms with Crippen LogP contribution in [-0.4, -0.2) is 23.0 Å². The molecule has 0 aliphatic carbocycles. The fourth-order valence-corrected chi connectivity index (χ4v) is 2.70. The van der Waals surface area contributed by atoms with Crippen molar-refractivity contribution in [3.05, 3.63) is 59.2 Å². The zero-order valence-electron chi connectivity index (χ0n) is 14.1. The fraction of sp³-hybridized carbons (Fsp3) is 0.278. The minimum absolute atomic E-state index is 0.353. The van der Waals surface area contributed by atoms with E-state index in [2.05, 4.69) is 10.6 Å². The highest BCUT2D eigenvalue weighted by molar-refractivity contribution is 6.68. The predicted molar refractivity (Wildman–Crippen MR) is 104 cm³/mol. The van der Waals surface area contributed by atoms with E-state index in [1.54, 1.807) is 24.3 Å². The lowest BCUT2D eigenvalue weighted by molar-refractivity contribution is 0.0939. The molecule has 2 rings (SSSR count). The van der Waals surface area contributed by atoms with Gasteiger partial charge in [0, 0.05) is 5.69 Å². The van der Waals surface area contributed by atoms with E-state index in [9.17, 15) is 4.79 Å². The van der Waals surface area contributed by atoms with Crippen LogP contribution in [0.25, 0.3) is 0 Å². The second-order valence-electron chi connectivity index (χ2n) is 5.61. The van der Waals surface area contributed by atoms with Crippen molar-refractivity contribution >= 4 is 46.4 Å². The number of carbonyl (C=O) groups is 1. The summed E-state index contributed by atoms with van der Waals surface area (Å²) in [6.45, 7) is 3.93. The number of benzene rings is 2. The predicted octanol–water partition coefficient (Wildman–Crippen LogP) is 4.85. The Morgan fingerprint density at radius 1 is 1.12 bits per heavy atom. The van der Waals surface area contributed by atoms with Crippen LogP contribution in [0, 0.1) is 13.8 Å². The molecule has 1 atom stereocenters. The molecule has 0 aliphatic heterocycles. The molecule has 0 saturated carbocycles. The van der Waals surface area contributed by atoms with Crippen LogP contribution < -0.4 is 15.4 Å². The monoisotopic (exact) mass is 400 g/mol. The van der Waals surface area contributed by atoms with Crippen LogP contribution in [0.1, 0.15) is 21.5 Å². The molecule has 0 radical (unpaired) electrons. The standard InChI is InChI=1S/C18H19Cl3N2O2/c1-11-8-9-14(12(2)10-11)22-17(18(19,20)21)23-16(24)13-6-4-5-7-15(13)25-3/h4-10,17,22H,1-3H3,(H,23,24). The van der Waals surface area contributed by atoms with Crippen molar-refractivity contribution in [2.45, 2.75) is 23.8 Å². The average molecular weight is 402 g/mol. The van der Waals surface area contributed by atoms with Gasteiger partial charge in [0.1, 0.15) is 11.9 Å². The largest absolute Gasteiger partial charge is 0.496 e. The van der Waals surface area contributed by atoms with Gasteiger partial charge in [0.2, 0.25) is 3.79 Å². The molecule has 0 aliphatic rings. The summed E-state index contributed by atoms with van der Waals surface area (Å²) in [5.74, 6) is 0.0284. The van der Waals surface area contributed by atoms with Crippen LogP contribution in [0.5, 0.6) is 5.75 Å². The number of para-hydroxylation sites is 1. The first kappa shape index (κ1) is 19.7. The van der Waals surface area contributed by atoms with E-state index in [0.29, 0.717) is 11.3 Å². The van der Waals surface area contributed by atoms with E-state index in [-0.39, 0.29) is 0 Å². The second-order valence-corrected chi connectivity index (χ2v) is 7.98. The van der Waals surface area contributed by atoms with Crippen molar-refractivity contribution in [3.63, 3.8) is 0 Å². The van der Waals surface area contributed by atoms with E-state index >= 15 is 0 Å². The Bertz CT molecular complexity index is 760. The number of ether oxygens (including phenoxy) is 1. The van der Waals surface area contributed by atoms with Crippen molar-refractivity contribution < 1.29 is 9.53 Å². The number of carbonyl (C=O) groups excluding carboxylic acids is 1. The van der Waals surface area contributed by atoms with E-state index in [4.69, 9.17) is 39.5 Å². The third-order valence-electron chi connectivity index (χ3n) is 3.64. The van der Waals surface area contributed by atoms with Gasteiger partial charge < -0.3 is 15.4 Å². The van der Waals surface area contributed by atoms with Crippen molar-refractivity contribution in [2.75, 3.05) is 12.4 Å². The Kier molecular flexibility index (Phi) is 6.44. The highest BCUT2D eigenvalue weighted by Crippen LogP contribution is 2.32. The molecular formula is C18H19Cl3N2O2. The summed E-state index contributed by atoms with van der Waals surface area (Å²) >= 11 is 18.2. The van der Waals surface area contributed by atoms with Crippen LogP contribution in [-0.2, 0) is 0 Å². The quantitative estimate of drug-likeness (QED) is 0.556. The molecule has 7 heteroatoms. The molecule has 4 nitrogen and oxygen atoms in total. The maximum absolute atomic E-state index is 12.6. The molecule has 1 amide bonds. The number of aryl methyl sites for hydroxylation is 2. The van der Waals surface area contributed by atoms with Crippen molar-refractivity contribution in [3.8, 4) is 5.75 Å². The number of anilines is 1. The van der Waals surface area contributed by atoms with Gasteiger partial charge in [-0.25, -0.2) is 0 Å².